The van der Waals surface area contributed by atoms with E-state index in [0.29, 0.717) is 6.61 Å². The van der Waals surface area contributed by atoms with Gasteiger partial charge in [-0.3, -0.25) is 4.90 Å². The number of aromatic nitrogens is 1. The molecular formula is C23H24N2O2. The van der Waals surface area contributed by atoms with Gasteiger partial charge in [0.25, 0.3) is 0 Å². The van der Waals surface area contributed by atoms with Crippen LogP contribution in [0.5, 0.6) is 0 Å². The Kier molecular flexibility index (Phi) is 5.24. The number of hydrogen-bond donors (Lipinski definition) is 1. The van der Waals surface area contributed by atoms with Crippen LogP contribution in [0, 0.1) is 0 Å². The van der Waals surface area contributed by atoms with Crippen LogP contribution in [0.15, 0.2) is 72.8 Å². The van der Waals surface area contributed by atoms with Crippen LogP contribution in [0.2, 0.25) is 0 Å². The monoisotopic (exact) mass is 360 g/mol. The van der Waals surface area contributed by atoms with Gasteiger partial charge in [-0.25, -0.2) is 4.79 Å². The van der Waals surface area contributed by atoms with Crippen molar-refractivity contribution in [2.45, 2.75) is 31.9 Å². The van der Waals surface area contributed by atoms with E-state index in [0.717, 1.165) is 48.3 Å². The number of likely N-dealkylation sites (tertiary alicyclic amines) is 1. The number of amides is 1. The Labute approximate surface area is 159 Å². The van der Waals surface area contributed by atoms with E-state index in [1.165, 1.54) is 0 Å². The molecule has 2 heterocycles. The van der Waals surface area contributed by atoms with E-state index < -0.39 is 0 Å². The normalized spacial score (nSPS) is 16.9. The van der Waals surface area contributed by atoms with Gasteiger partial charge in [-0.15, -0.1) is 0 Å². The summed E-state index contributed by atoms with van der Waals surface area (Å²) in [5.41, 5.74) is 4.31. The van der Waals surface area contributed by atoms with Crippen LogP contribution in [-0.2, 0) is 11.3 Å². The molecule has 0 spiro atoms. The number of nitrogens with one attached hydrogen (secondary N) is 1. The third kappa shape index (κ3) is 4.05. The summed E-state index contributed by atoms with van der Waals surface area (Å²) < 4.78 is 5.58. The summed E-state index contributed by atoms with van der Waals surface area (Å²) in [7, 11) is 0. The van der Waals surface area contributed by atoms with Crippen molar-refractivity contribution in [1.29, 1.82) is 0 Å². The summed E-state index contributed by atoms with van der Waals surface area (Å²) in [6.07, 6.45) is 2.85. The molecule has 0 aliphatic carbocycles. The number of hydrogen-bond acceptors (Lipinski definition) is 2. The average Bonchev–Trinajstić information content (AvgIpc) is 3.23. The summed E-state index contributed by atoms with van der Waals surface area (Å²) in [6.45, 7) is 1.04. The van der Waals surface area contributed by atoms with E-state index >= 15 is 0 Å². The fourth-order valence-corrected chi connectivity index (χ4v) is 3.67. The molecule has 1 aliphatic rings. The van der Waals surface area contributed by atoms with Gasteiger partial charge in [0.2, 0.25) is 0 Å². The maximum absolute atomic E-state index is 12.7. The minimum Gasteiger partial charge on any atom is -0.445 e. The second kappa shape index (κ2) is 8.12. The molecule has 1 aromatic heterocycles. The smallest absolute Gasteiger partial charge is 0.410 e. The summed E-state index contributed by atoms with van der Waals surface area (Å²) in [5, 5.41) is 0. The molecule has 2 aromatic carbocycles. The fourth-order valence-electron chi connectivity index (χ4n) is 3.67. The Morgan fingerprint density at radius 1 is 0.963 bits per heavy atom. The standard InChI is InChI=1S/C23H24N2O2/c26-23(27-17-18-9-3-1-4-10-18)25-16-8-7-13-22(25)21-15-14-20(24-21)19-11-5-2-6-12-19/h1-6,9-12,14-15,22,24H,7-8,13,16-17H2. The third-order valence-corrected chi connectivity index (χ3v) is 5.09. The molecule has 1 unspecified atom stereocenters. The van der Waals surface area contributed by atoms with Crippen molar-refractivity contribution in [3.05, 3.63) is 84.1 Å². The second-order valence-corrected chi connectivity index (χ2v) is 6.94. The van der Waals surface area contributed by atoms with E-state index in [1.807, 2.05) is 53.4 Å². The Bertz CT molecular complexity index is 874. The Morgan fingerprint density at radius 2 is 1.70 bits per heavy atom. The largest absolute Gasteiger partial charge is 0.445 e. The molecule has 1 saturated heterocycles. The highest BCUT2D eigenvalue weighted by Crippen LogP contribution is 2.32. The number of piperidine rings is 1. The molecule has 1 atom stereocenters. The van der Waals surface area contributed by atoms with Crippen LogP contribution >= 0.6 is 0 Å². The van der Waals surface area contributed by atoms with Gasteiger partial charge in [0.05, 0.1) is 6.04 Å². The number of benzene rings is 2. The van der Waals surface area contributed by atoms with Gasteiger partial charge in [-0.05, 0) is 42.5 Å². The van der Waals surface area contributed by atoms with Gasteiger partial charge in [0.1, 0.15) is 6.61 Å². The number of ether oxygens (including phenoxy) is 1. The number of rotatable bonds is 4. The van der Waals surface area contributed by atoms with Crippen LogP contribution in [0.4, 0.5) is 4.79 Å². The molecule has 1 fully saturated rings. The highest BCUT2D eigenvalue weighted by Gasteiger charge is 2.30. The van der Waals surface area contributed by atoms with Gasteiger partial charge in [0.15, 0.2) is 0 Å². The van der Waals surface area contributed by atoms with Crippen molar-refractivity contribution in [1.82, 2.24) is 9.88 Å². The maximum Gasteiger partial charge on any atom is 0.410 e. The topological polar surface area (TPSA) is 45.3 Å². The number of aromatic amines is 1. The zero-order valence-corrected chi connectivity index (χ0v) is 15.3. The third-order valence-electron chi connectivity index (χ3n) is 5.09. The second-order valence-electron chi connectivity index (χ2n) is 6.94. The minimum absolute atomic E-state index is 0.0412. The fraction of sp³-hybridized carbons (Fsp3) is 0.261. The van der Waals surface area contributed by atoms with Crippen molar-refractivity contribution in [3.63, 3.8) is 0 Å². The van der Waals surface area contributed by atoms with Crippen molar-refractivity contribution in [2.24, 2.45) is 0 Å². The van der Waals surface area contributed by atoms with Gasteiger partial charge in [0, 0.05) is 17.9 Å². The Hall–Kier alpha value is -3.01. The van der Waals surface area contributed by atoms with Gasteiger partial charge in [-0.1, -0.05) is 60.7 Å². The Balaban J connectivity index is 1.47. The average molecular weight is 360 g/mol. The number of carbonyl (C=O) groups is 1. The molecule has 138 valence electrons. The highest BCUT2D eigenvalue weighted by atomic mass is 16.6. The van der Waals surface area contributed by atoms with Crippen LogP contribution in [0.25, 0.3) is 11.3 Å². The molecule has 4 heteroatoms. The lowest BCUT2D eigenvalue weighted by Crippen LogP contribution is -2.39. The van der Waals surface area contributed by atoms with Crippen molar-refractivity contribution in [2.75, 3.05) is 6.54 Å². The van der Waals surface area contributed by atoms with Crippen molar-refractivity contribution < 1.29 is 9.53 Å². The SMILES string of the molecule is O=C(OCc1ccccc1)N1CCCCC1c1ccc(-c2ccccc2)[nH]1. The van der Waals surface area contributed by atoms with E-state index in [1.54, 1.807) is 0 Å². The summed E-state index contributed by atoms with van der Waals surface area (Å²) in [4.78, 5) is 18.1. The van der Waals surface area contributed by atoms with Crippen LogP contribution in [-0.4, -0.2) is 22.5 Å². The van der Waals surface area contributed by atoms with Crippen molar-refractivity contribution >= 4 is 6.09 Å². The number of nitrogens with zero attached hydrogens (tertiary/aromatic N) is 1. The lowest BCUT2D eigenvalue weighted by atomic mass is 10.0. The van der Waals surface area contributed by atoms with Crippen LogP contribution < -0.4 is 0 Å². The van der Waals surface area contributed by atoms with Crippen LogP contribution in [0.1, 0.15) is 36.6 Å². The molecule has 4 nitrogen and oxygen atoms in total. The number of carbonyl (C=O) groups excluding carboxylic acids is 1. The molecule has 1 N–H and O–H groups in total. The summed E-state index contributed by atoms with van der Waals surface area (Å²) in [5.74, 6) is 0. The predicted octanol–water partition coefficient (Wildman–Crippen LogP) is 5.55. The number of H-pyrrole nitrogens is 1. The lowest BCUT2D eigenvalue weighted by Gasteiger charge is -2.34. The van der Waals surface area contributed by atoms with Crippen molar-refractivity contribution in [3.8, 4) is 11.3 Å². The lowest BCUT2D eigenvalue weighted by molar-refractivity contribution is 0.0670. The first-order valence-electron chi connectivity index (χ1n) is 9.53. The first-order valence-corrected chi connectivity index (χ1v) is 9.53. The molecule has 4 rings (SSSR count). The zero-order valence-electron chi connectivity index (χ0n) is 15.3. The molecule has 3 aromatic rings. The molecule has 0 bridgehead atoms. The predicted molar refractivity (Wildman–Crippen MR) is 106 cm³/mol. The first kappa shape index (κ1) is 17.4. The zero-order chi connectivity index (χ0) is 18.5. The summed E-state index contributed by atoms with van der Waals surface area (Å²) in [6, 6.07) is 24.3. The van der Waals surface area contributed by atoms with E-state index in [4.69, 9.17) is 4.74 Å². The first-order chi connectivity index (χ1) is 13.3. The molecule has 1 aliphatic heterocycles. The van der Waals surface area contributed by atoms with E-state index in [2.05, 4.69) is 29.2 Å². The van der Waals surface area contributed by atoms with Crippen LogP contribution in [0.3, 0.4) is 0 Å². The van der Waals surface area contributed by atoms with E-state index in [9.17, 15) is 4.79 Å². The summed E-state index contributed by atoms with van der Waals surface area (Å²) >= 11 is 0. The van der Waals surface area contributed by atoms with Gasteiger partial charge in [-0.2, -0.15) is 0 Å². The van der Waals surface area contributed by atoms with E-state index in [-0.39, 0.29) is 12.1 Å². The maximum atomic E-state index is 12.7. The molecular weight excluding hydrogens is 336 g/mol. The molecule has 27 heavy (non-hydrogen) atoms. The van der Waals surface area contributed by atoms with Gasteiger partial charge >= 0.3 is 6.09 Å². The quantitative estimate of drug-likeness (QED) is 0.663. The minimum atomic E-state index is -0.237. The molecule has 0 saturated carbocycles. The molecule has 0 radical (unpaired) electrons. The Morgan fingerprint density at radius 3 is 2.48 bits per heavy atom. The van der Waals surface area contributed by atoms with Gasteiger partial charge < -0.3 is 9.72 Å². The highest BCUT2D eigenvalue weighted by molar-refractivity contribution is 5.68. The molecule has 1 amide bonds.